The van der Waals surface area contributed by atoms with Crippen molar-refractivity contribution in [3.8, 4) is 0 Å². The second-order valence-electron chi connectivity index (χ2n) is 4.97. The van der Waals surface area contributed by atoms with E-state index in [0.717, 1.165) is 11.3 Å². The second kappa shape index (κ2) is 4.91. The monoisotopic (exact) mass is 261 g/mol. The van der Waals surface area contributed by atoms with Gasteiger partial charge in [-0.3, -0.25) is 4.68 Å². The smallest absolute Gasteiger partial charge is 0.326 e. The highest BCUT2D eigenvalue weighted by Crippen LogP contribution is 2.40. The zero-order valence-corrected chi connectivity index (χ0v) is 10.4. The van der Waals surface area contributed by atoms with Crippen molar-refractivity contribution in [2.45, 2.75) is 51.4 Å². The van der Waals surface area contributed by atoms with Gasteiger partial charge in [0.2, 0.25) is 0 Å². The van der Waals surface area contributed by atoms with E-state index in [4.69, 9.17) is 5.73 Å². The first-order chi connectivity index (χ1) is 8.41. The van der Waals surface area contributed by atoms with Gasteiger partial charge in [0.1, 0.15) is 0 Å². The fourth-order valence-corrected chi connectivity index (χ4v) is 2.57. The predicted molar refractivity (Wildman–Crippen MR) is 61.9 cm³/mol. The Bertz CT molecular complexity index is 403. The lowest BCUT2D eigenvalue weighted by molar-refractivity contribution is -0.183. The molecule has 1 aromatic rings. The van der Waals surface area contributed by atoms with Crippen LogP contribution >= 0.6 is 0 Å². The maximum atomic E-state index is 12.6. The molecule has 18 heavy (non-hydrogen) atoms. The van der Waals surface area contributed by atoms with Gasteiger partial charge in [-0.25, -0.2) is 0 Å². The van der Waals surface area contributed by atoms with E-state index in [1.54, 1.807) is 4.68 Å². The van der Waals surface area contributed by atoms with Crippen molar-refractivity contribution >= 4 is 0 Å². The summed E-state index contributed by atoms with van der Waals surface area (Å²) in [5.74, 6) is -1.14. The Kier molecular flexibility index (Phi) is 3.66. The highest BCUT2D eigenvalue weighted by Gasteiger charge is 2.41. The molecule has 0 amide bonds. The molecular weight excluding hydrogens is 243 g/mol. The third-order valence-electron chi connectivity index (χ3n) is 3.77. The van der Waals surface area contributed by atoms with Crippen LogP contribution in [0.2, 0.25) is 0 Å². The minimum atomic E-state index is -4.05. The van der Waals surface area contributed by atoms with Crippen LogP contribution < -0.4 is 5.73 Å². The normalized spacial score (nSPS) is 25.4. The molecular formula is C12H18F3N3. The molecule has 1 aromatic heterocycles. The van der Waals surface area contributed by atoms with Gasteiger partial charge in [0.05, 0.1) is 17.7 Å². The van der Waals surface area contributed by atoms with E-state index in [0.29, 0.717) is 19.4 Å². The van der Waals surface area contributed by atoms with Crippen molar-refractivity contribution in [2.75, 3.05) is 0 Å². The van der Waals surface area contributed by atoms with Crippen molar-refractivity contribution in [3.63, 3.8) is 0 Å². The van der Waals surface area contributed by atoms with Gasteiger partial charge in [-0.15, -0.1) is 0 Å². The van der Waals surface area contributed by atoms with E-state index >= 15 is 0 Å². The molecule has 2 N–H and O–H groups in total. The summed E-state index contributed by atoms with van der Waals surface area (Å²) in [5.41, 5.74) is 7.41. The molecule has 1 aliphatic carbocycles. The fourth-order valence-electron chi connectivity index (χ4n) is 2.57. The van der Waals surface area contributed by atoms with Crippen LogP contribution in [0, 0.1) is 12.8 Å². The topological polar surface area (TPSA) is 43.8 Å². The minimum Gasteiger partial charge on any atom is -0.326 e. The number of rotatable bonds is 2. The summed E-state index contributed by atoms with van der Waals surface area (Å²) in [5, 5.41) is 4.35. The highest BCUT2D eigenvalue weighted by atomic mass is 19.4. The third-order valence-corrected chi connectivity index (χ3v) is 3.77. The number of nitrogens with zero attached hydrogens (tertiary/aromatic N) is 2. The van der Waals surface area contributed by atoms with E-state index in [1.807, 2.05) is 13.1 Å². The molecule has 3 nitrogen and oxygen atoms in total. The molecule has 0 aliphatic heterocycles. The van der Waals surface area contributed by atoms with Gasteiger partial charge < -0.3 is 5.73 Å². The van der Waals surface area contributed by atoms with Gasteiger partial charge in [0.15, 0.2) is 0 Å². The van der Waals surface area contributed by atoms with Gasteiger partial charge in [0.25, 0.3) is 0 Å². The Hall–Kier alpha value is -1.04. The lowest BCUT2D eigenvalue weighted by atomic mass is 9.86. The number of aryl methyl sites for hydroxylation is 1. The number of aromatic nitrogens is 2. The number of hydrogen-bond acceptors (Lipinski definition) is 2. The van der Waals surface area contributed by atoms with Crippen LogP contribution in [0.5, 0.6) is 0 Å². The number of hydrogen-bond donors (Lipinski definition) is 1. The molecule has 1 aliphatic rings. The average molecular weight is 261 g/mol. The van der Waals surface area contributed by atoms with Crippen LogP contribution in [0.25, 0.3) is 0 Å². The molecule has 0 spiro atoms. The van der Waals surface area contributed by atoms with E-state index < -0.39 is 12.1 Å². The van der Waals surface area contributed by atoms with Crippen molar-refractivity contribution in [2.24, 2.45) is 11.7 Å². The molecule has 0 atom stereocenters. The molecule has 1 fully saturated rings. The first-order valence-corrected chi connectivity index (χ1v) is 6.23. The van der Waals surface area contributed by atoms with E-state index in [9.17, 15) is 13.2 Å². The van der Waals surface area contributed by atoms with Crippen LogP contribution in [-0.2, 0) is 6.54 Å². The van der Waals surface area contributed by atoms with Crippen LogP contribution in [0.3, 0.4) is 0 Å². The lowest BCUT2D eigenvalue weighted by Gasteiger charge is -2.29. The first-order valence-electron chi connectivity index (χ1n) is 6.23. The van der Waals surface area contributed by atoms with E-state index in [-0.39, 0.29) is 18.9 Å². The quantitative estimate of drug-likeness (QED) is 0.889. The van der Waals surface area contributed by atoms with Gasteiger partial charge in [-0.05, 0) is 32.6 Å². The summed E-state index contributed by atoms with van der Waals surface area (Å²) < 4.78 is 39.5. The molecule has 6 heteroatoms. The van der Waals surface area contributed by atoms with E-state index in [2.05, 4.69) is 5.10 Å². The molecule has 0 radical (unpaired) electrons. The van der Waals surface area contributed by atoms with Crippen LogP contribution in [0.15, 0.2) is 6.20 Å². The summed E-state index contributed by atoms with van der Waals surface area (Å²) in [6, 6.07) is 0.0857. The van der Waals surface area contributed by atoms with Gasteiger partial charge in [-0.1, -0.05) is 0 Å². The van der Waals surface area contributed by atoms with Crippen molar-refractivity contribution < 1.29 is 13.2 Å². The summed E-state index contributed by atoms with van der Waals surface area (Å²) in [6.07, 6.45) is -0.706. The zero-order chi connectivity index (χ0) is 13.3. The van der Waals surface area contributed by atoms with Crippen molar-refractivity contribution in [1.29, 1.82) is 0 Å². The van der Waals surface area contributed by atoms with E-state index in [1.165, 1.54) is 0 Å². The Labute approximate surface area is 104 Å². The van der Waals surface area contributed by atoms with Gasteiger partial charge >= 0.3 is 6.18 Å². The molecule has 2 rings (SSSR count). The molecule has 1 saturated carbocycles. The summed E-state index contributed by atoms with van der Waals surface area (Å²) in [4.78, 5) is 0. The summed E-state index contributed by atoms with van der Waals surface area (Å²) in [6.45, 7) is 2.30. The molecule has 0 unspecified atom stereocenters. The predicted octanol–water partition coefficient (Wildman–Crippen LogP) is 2.94. The number of nitrogens with two attached hydrogens (primary N) is 1. The largest absolute Gasteiger partial charge is 0.391 e. The van der Waals surface area contributed by atoms with Gasteiger partial charge in [0, 0.05) is 18.3 Å². The van der Waals surface area contributed by atoms with Gasteiger partial charge in [-0.2, -0.15) is 18.3 Å². The summed E-state index contributed by atoms with van der Waals surface area (Å²) in [7, 11) is 0. The van der Waals surface area contributed by atoms with Crippen LogP contribution in [0.1, 0.15) is 43.0 Å². The Balaban J connectivity index is 2.01. The maximum absolute atomic E-state index is 12.6. The number of alkyl halides is 3. The molecule has 1 heterocycles. The highest BCUT2D eigenvalue weighted by molar-refractivity contribution is 5.15. The number of halogens is 3. The van der Waals surface area contributed by atoms with Crippen LogP contribution in [-0.4, -0.2) is 16.0 Å². The Morgan fingerprint density at radius 1 is 1.33 bits per heavy atom. The zero-order valence-electron chi connectivity index (χ0n) is 10.4. The van der Waals surface area contributed by atoms with Crippen molar-refractivity contribution in [3.05, 3.63) is 17.5 Å². The molecule has 0 bridgehead atoms. The SMILES string of the molecule is Cc1nn(C2CCC(C(F)(F)F)CC2)cc1CN. The summed E-state index contributed by atoms with van der Waals surface area (Å²) >= 11 is 0. The lowest BCUT2D eigenvalue weighted by Crippen LogP contribution is -2.28. The minimum absolute atomic E-state index is 0.0857. The van der Waals surface area contributed by atoms with Crippen molar-refractivity contribution in [1.82, 2.24) is 9.78 Å². The Morgan fingerprint density at radius 2 is 1.94 bits per heavy atom. The molecule has 0 aromatic carbocycles. The molecule has 102 valence electrons. The Morgan fingerprint density at radius 3 is 2.39 bits per heavy atom. The molecule has 0 saturated heterocycles. The third kappa shape index (κ3) is 2.68. The second-order valence-corrected chi connectivity index (χ2v) is 4.97. The average Bonchev–Trinajstić information content (AvgIpc) is 2.69. The standard InChI is InChI=1S/C12H18F3N3/c1-8-9(6-16)7-18(17-8)11-4-2-10(3-5-11)12(13,14)15/h7,10-11H,2-6,16H2,1H3. The van der Waals surface area contributed by atoms with Crippen LogP contribution in [0.4, 0.5) is 13.2 Å². The fraction of sp³-hybridized carbons (Fsp3) is 0.750. The first kappa shape index (κ1) is 13.4. The maximum Gasteiger partial charge on any atom is 0.391 e.